The molecular weight excluding hydrogens is 334 g/mol. The number of fused-ring (bicyclic) bond motifs is 1. The van der Waals surface area contributed by atoms with Crippen LogP contribution in [-0.2, 0) is 10.0 Å². The molecule has 0 N–H and O–H groups in total. The number of ether oxygens (including phenoxy) is 1. The van der Waals surface area contributed by atoms with Crippen molar-refractivity contribution in [2.45, 2.75) is 70.2 Å². The van der Waals surface area contributed by atoms with Crippen LogP contribution in [0.15, 0.2) is 35.2 Å². The van der Waals surface area contributed by atoms with Crippen molar-refractivity contribution in [2.75, 3.05) is 13.2 Å². The second-order valence-corrected chi connectivity index (χ2v) is 8.83. The van der Waals surface area contributed by atoms with E-state index in [1.807, 2.05) is 32.9 Å². The van der Waals surface area contributed by atoms with Gasteiger partial charge in [-0.05, 0) is 77.0 Å². The Morgan fingerprint density at radius 2 is 1.72 bits per heavy atom. The largest absolute Gasteiger partial charge is 0.492 e. The lowest BCUT2D eigenvalue weighted by Gasteiger charge is -2.27. The highest BCUT2D eigenvalue weighted by Crippen LogP contribution is 2.29. The lowest BCUT2D eigenvalue weighted by molar-refractivity contribution is 0.296. The first-order chi connectivity index (χ1) is 11.9. The van der Waals surface area contributed by atoms with E-state index in [-0.39, 0.29) is 6.04 Å². The molecule has 0 aromatic heterocycles. The van der Waals surface area contributed by atoms with Crippen molar-refractivity contribution in [3.63, 3.8) is 0 Å². The summed E-state index contributed by atoms with van der Waals surface area (Å²) in [6, 6.07) is 5.29. The summed E-state index contributed by atoms with van der Waals surface area (Å²) in [7, 11) is -3.57. The van der Waals surface area contributed by atoms with Crippen LogP contribution in [-0.4, -0.2) is 31.9 Å². The number of nitrogens with zero attached hydrogens (tertiary/aromatic N) is 1. The van der Waals surface area contributed by atoms with Gasteiger partial charge in [-0.15, -0.1) is 0 Å². The minimum Gasteiger partial charge on any atom is -0.492 e. The van der Waals surface area contributed by atoms with E-state index in [0.29, 0.717) is 23.8 Å². The van der Waals surface area contributed by atoms with Crippen LogP contribution >= 0.6 is 0 Å². The van der Waals surface area contributed by atoms with E-state index in [0.717, 1.165) is 44.1 Å². The van der Waals surface area contributed by atoms with Gasteiger partial charge in [0.2, 0.25) is 10.0 Å². The predicted octanol–water partition coefficient (Wildman–Crippen LogP) is 4.68. The Bertz CT molecular complexity index is 680. The molecule has 4 nitrogen and oxygen atoms in total. The van der Waals surface area contributed by atoms with Crippen molar-refractivity contribution in [1.82, 2.24) is 4.31 Å². The van der Waals surface area contributed by atoms with Crippen molar-refractivity contribution < 1.29 is 13.2 Å². The molecule has 1 aliphatic rings. The Morgan fingerprint density at radius 3 is 2.40 bits per heavy atom. The van der Waals surface area contributed by atoms with Crippen LogP contribution in [0.1, 0.15) is 57.9 Å². The number of hydrogen-bond acceptors (Lipinski definition) is 3. The standard InChI is InChI=1S/C20H31NO3S/c1-17(2)21-14-10-8-6-4-5-7-9-11-15-24-19-16-18(3)12-13-20(19)25(21,22)23/h4-5,12-13,16-17H,6-11,14-15H2,1-3H3/b5-4-. The minimum atomic E-state index is -3.57. The van der Waals surface area contributed by atoms with Crippen LogP contribution in [0.25, 0.3) is 0 Å². The summed E-state index contributed by atoms with van der Waals surface area (Å²) >= 11 is 0. The van der Waals surface area contributed by atoms with Crippen LogP contribution in [0.4, 0.5) is 0 Å². The zero-order valence-corrected chi connectivity index (χ0v) is 16.5. The molecule has 1 aliphatic heterocycles. The topological polar surface area (TPSA) is 46.6 Å². The van der Waals surface area contributed by atoms with Crippen LogP contribution < -0.4 is 4.74 Å². The van der Waals surface area contributed by atoms with Gasteiger partial charge in [0.15, 0.2) is 0 Å². The van der Waals surface area contributed by atoms with Crippen LogP contribution in [0.3, 0.4) is 0 Å². The molecule has 0 saturated heterocycles. The Labute approximate surface area is 152 Å². The fraction of sp³-hybridized carbons (Fsp3) is 0.600. The number of allylic oxidation sites excluding steroid dienone is 2. The number of aryl methyl sites for hydroxylation is 1. The molecule has 2 rings (SSSR count). The summed E-state index contributed by atoms with van der Waals surface area (Å²) in [4.78, 5) is 0.291. The van der Waals surface area contributed by atoms with E-state index in [1.54, 1.807) is 10.4 Å². The predicted molar refractivity (Wildman–Crippen MR) is 103 cm³/mol. The number of sulfonamides is 1. The Balaban J connectivity index is 2.36. The second kappa shape index (κ2) is 9.39. The number of benzene rings is 1. The summed E-state index contributed by atoms with van der Waals surface area (Å²) in [6.07, 6.45) is 10.4. The van der Waals surface area contributed by atoms with Crippen molar-refractivity contribution in [2.24, 2.45) is 0 Å². The Morgan fingerprint density at radius 1 is 1.04 bits per heavy atom. The molecule has 1 aromatic carbocycles. The van der Waals surface area contributed by atoms with E-state index in [2.05, 4.69) is 12.2 Å². The summed E-state index contributed by atoms with van der Waals surface area (Å²) < 4.78 is 34.0. The second-order valence-electron chi connectivity index (χ2n) is 6.97. The van der Waals surface area contributed by atoms with Crippen LogP contribution in [0.5, 0.6) is 5.75 Å². The van der Waals surface area contributed by atoms with Crippen molar-refractivity contribution >= 4 is 10.0 Å². The highest BCUT2D eigenvalue weighted by atomic mass is 32.2. The smallest absolute Gasteiger partial charge is 0.246 e. The highest BCUT2D eigenvalue weighted by molar-refractivity contribution is 7.89. The third-order valence-electron chi connectivity index (χ3n) is 4.45. The molecule has 1 heterocycles. The molecule has 0 bridgehead atoms. The monoisotopic (exact) mass is 365 g/mol. The van der Waals surface area contributed by atoms with Crippen LogP contribution in [0, 0.1) is 6.92 Å². The zero-order valence-electron chi connectivity index (χ0n) is 15.7. The average molecular weight is 366 g/mol. The van der Waals surface area contributed by atoms with Gasteiger partial charge in [-0.25, -0.2) is 8.42 Å². The molecular formula is C20H31NO3S. The minimum absolute atomic E-state index is 0.0784. The fourth-order valence-corrected chi connectivity index (χ4v) is 4.82. The zero-order chi connectivity index (χ0) is 18.3. The molecule has 0 radical (unpaired) electrons. The van der Waals surface area contributed by atoms with E-state index in [4.69, 9.17) is 4.74 Å². The molecule has 0 fully saturated rings. The maximum Gasteiger partial charge on any atom is 0.246 e. The first kappa shape index (κ1) is 20.0. The van der Waals surface area contributed by atoms with Gasteiger partial charge >= 0.3 is 0 Å². The van der Waals surface area contributed by atoms with E-state index < -0.39 is 10.0 Å². The van der Waals surface area contributed by atoms with Crippen molar-refractivity contribution in [1.29, 1.82) is 0 Å². The summed E-state index contributed by atoms with van der Waals surface area (Å²) in [6.45, 7) is 6.90. The quantitative estimate of drug-likeness (QED) is 0.679. The van der Waals surface area contributed by atoms with Gasteiger partial charge in [0.25, 0.3) is 0 Å². The van der Waals surface area contributed by atoms with Crippen LogP contribution in [0.2, 0.25) is 0 Å². The fourth-order valence-electron chi connectivity index (χ4n) is 3.04. The van der Waals surface area contributed by atoms with Gasteiger partial charge in [0.1, 0.15) is 10.6 Å². The normalized spacial score (nSPS) is 21.6. The van der Waals surface area contributed by atoms with Gasteiger partial charge < -0.3 is 4.74 Å². The van der Waals surface area contributed by atoms with Crippen molar-refractivity contribution in [3.8, 4) is 5.75 Å². The molecule has 0 atom stereocenters. The molecule has 25 heavy (non-hydrogen) atoms. The van der Waals surface area contributed by atoms with Gasteiger partial charge in [-0.3, -0.25) is 0 Å². The molecule has 1 aromatic rings. The van der Waals surface area contributed by atoms with Gasteiger partial charge in [-0.2, -0.15) is 4.31 Å². The molecule has 140 valence electrons. The molecule has 0 unspecified atom stereocenters. The third-order valence-corrected chi connectivity index (χ3v) is 6.57. The maximum absolute atomic E-state index is 13.2. The Kier molecular flexibility index (Phi) is 7.51. The highest BCUT2D eigenvalue weighted by Gasteiger charge is 2.29. The molecule has 0 aliphatic carbocycles. The number of rotatable bonds is 1. The lowest BCUT2D eigenvalue weighted by Crippen LogP contribution is -2.37. The van der Waals surface area contributed by atoms with Gasteiger partial charge in [0, 0.05) is 12.6 Å². The van der Waals surface area contributed by atoms with Crippen molar-refractivity contribution in [3.05, 3.63) is 35.9 Å². The third kappa shape index (κ3) is 5.58. The van der Waals surface area contributed by atoms with Gasteiger partial charge in [-0.1, -0.05) is 18.2 Å². The molecule has 0 spiro atoms. The molecule has 5 heteroatoms. The summed E-state index contributed by atoms with van der Waals surface area (Å²) in [5.74, 6) is 0.482. The van der Waals surface area contributed by atoms with E-state index >= 15 is 0 Å². The van der Waals surface area contributed by atoms with Gasteiger partial charge in [0.05, 0.1) is 6.61 Å². The first-order valence-electron chi connectivity index (χ1n) is 9.33. The number of hydrogen-bond donors (Lipinski definition) is 0. The lowest BCUT2D eigenvalue weighted by atomic mass is 10.2. The summed E-state index contributed by atoms with van der Waals surface area (Å²) in [5, 5.41) is 0. The SMILES string of the molecule is Cc1ccc2c(c1)OCCCC/C=C\CCCCN(C(C)C)S2(=O)=O. The molecule has 0 amide bonds. The summed E-state index contributed by atoms with van der Waals surface area (Å²) in [5.41, 5.74) is 1.01. The van der Waals surface area contributed by atoms with E-state index in [1.165, 1.54) is 0 Å². The first-order valence-corrected chi connectivity index (χ1v) is 10.8. The average Bonchev–Trinajstić information content (AvgIpc) is 2.54. The maximum atomic E-state index is 13.2. The molecule has 0 saturated carbocycles. The van der Waals surface area contributed by atoms with E-state index in [9.17, 15) is 8.42 Å². The Hall–Kier alpha value is -1.33.